The second kappa shape index (κ2) is 9.52. The average Bonchev–Trinajstić information content (AvgIpc) is 3.44. The van der Waals surface area contributed by atoms with Gasteiger partial charge in [0.05, 0.1) is 24.8 Å². The van der Waals surface area contributed by atoms with Crippen molar-refractivity contribution in [3.8, 4) is 11.4 Å². The van der Waals surface area contributed by atoms with Crippen molar-refractivity contribution < 1.29 is 19.1 Å². The summed E-state index contributed by atoms with van der Waals surface area (Å²) >= 11 is 1.21. The molecule has 1 fully saturated rings. The highest BCUT2D eigenvalue weighted by Gasteiger charge is 2.24. The number of hydrogen-bond donors (Lipinski definition) is 1. The van der Waals surface area contributed by atoms with Gasteiger partial charge in [0.25, 0.3) is 5.56 Å². The van der Waals surface area contributed by atoms with E-state index in [9.17, 15) is 14.4 Å². The largest absolute Gasteiger partial charge is 0.497 e. The van der Waals surface area contributed by atoms with Gasteiger partial charge in [0, 0.05) is 23.3 Å². The number of hydrogen-bond acceptors (Lipinski definition) is 7. The molecule has 0 aliphatic heterocycles. The number of nitrogens with one attached hydrogen (secondary N) is 1. The Morgan fingerprint density at radius 1 is 1.28 bits per heavy atom. The van der Waals surface area contributed by atoms with Crippen LogP contribution in [0.2, 0.25) is 0 Å². The zero-order chi connectivity index (χ0) is 22.7. The molecule has 1 amide bonds. The molecule has 0 radical (unpaired) electrons. The van der Waals surface area contributed by atoms with Crippen LogP contribution in [0.1, 0.15) is 49.5 Å². The van der Waals surface area contributed by atoms with Crippen molar-refractivity contribution in [3.63, 3.8) is 0 Å². The molecule has 168 valence electrons. The Bertz CT molecular complexity index is 1210. The number of amides is 1. The molecule has 8 nitrogen and oxygen atoms in total. The number of aromatic nitrogens is 2. The summed E-state index contributed by atoms with van der Waals surface area (Å²) in [5.74, 6) is 0.175. The Morgan fingerprint density at radius 3 is 2.78 bits per heavy atom. The fourth-order valence-corrected chi connectivity index (χ4v) is 5.02. The molecule has 0 atom stereocenters. The first-order valence-electron chi connectivity index (χ1n) is 10.7. The van der Waals surface area contributed by atoms with Gasteiger partial charge >= 0.3 is 5.97 Å². The summed E-state index contributed by atoms with van der Waals surface area (Å²) in [4.78, 5) is 38.7. The molecule has 1 N–H and O–H groups in total. The maximum absolute atomic E-state index is 13.4. The fraction of sp³-hybridized carbons (Fsp3) is 0.391. The van der Waals surface area contributed by atoms with E-state index in [-0.39, 0.29) is 23.6 Å². The molecule has 0 bridgehead atoms. The molecule has 2 aromatic heterocycles. The van der Waals surface area contributed by atoms with Crippen LogP contribution in [-0.2, 0) is 9.53 Å². The molecule has 1 aliphatic carbocycles. The van der Waals surface area contributed by atoms with Crippen LogP contribution in [0.15, 0.2) is 34.4 Å². The summed E-state index contributed by atoms with van der Waals surface area (Å²) in [5.41, 5.74) is 0.0340. The fourth-order valence-electron chi connectivity index (χ4n) is 4.06. The number of methoxy groups -OCH3 is 1. The summed E-state index contributed by atoms with van der Waals surface area (Å²) in [6, 6.07) is 6.83. The Balaban J connectivity index is 1.80. The SMILES string of the molecule is CCOC(=O)c1nn(-c2cccc(OC)c2)c(=O)c2c(NC(=O)CC3CCCC3)scc12. The average molecular weight is 456 g/mol. The van der Waals surface area contributed by atoms with Gasteiger partial charge in [-0.05, 0) is 37.8 Å². The second-order valence-electron chi connectivity index (χ2n) is 7.74. The van der Waals surface area contributed by atoms with E-state index in [0.29, 0.717) is 34.2 Å². The minimum Gasteiger partial charge on any atom is -0.497 e. The van der Waals surface area contributed by atoms with E-state index < -0.39 is 11.5 Å². The van der Waals surface area contributed by atoms with Gasteiger partial charge in [-0.3, -0.25) is 9.59 Å². The van der Waals surface area contributed by atoms with Crippen molar-refractivity contribution in [1.29, 1.82) is 0 Å². The molecule has 0 spiro atoms. The molecular weight excluding hydrogens is 430 g/mol. The predicted molar refractivity (Wildman–Crippen MR) is 123 cm³/mol. The van der Waals surface area contributed by atoms with Crippen LogP contribution in [0.4, 0.5) is 5.00 Å². The normalized spacial score (nSPS) is 13.9. The van der Waals surface area contributed by atoms with Gasteiger partial charge in [-0.2, -0.15) is 9.78 Å². The zero-order valence-corrected chi connectivity index (χ0v) is 18.9. The summed E-state index contributed by atoms with van der Waals surface area (Å²) in [7, 11) is 1.53. The lowest BCUT2D eigenvalue weighted by molar-refractivity contribution is -0.117. The second-order valence-corrected chi connectivity index (χ2v) is 8.62. The van der Waals surface area contributed by atoms with Crippen LogP contribution in [0.25, 0.3) is 16.5 Å². The monoisotopic (exact) mass is 455 g/mol. The van der Waals surface area contributed by atoms with Gasteiger partial charge in [0.2, 0.25) is 5.91 Å². The Labute approximate surface area is 189 Å². The third kappa shape index (κ3) is 4.38. The lowest BCUT2D eigenvalue weighted by atomic mass is 10.0. The van der Waals surface area contributed by atoms with Crippen LogP contribution in [0.5, 0.6) is 5.75 Å². The molecule has 1 aromatic carbocycles. The molecule has 32 heavy (non-hydrogen) atoms. The summed E-state index contributed by atoms with van der Waals surface area (Å²) in [5, 5.41) is 9.90. The third-order valence-electron chi connectivity index (χ3n) is 5.62. The van der Waals surface area contributed by atoms with Crippen molar-refractivity contribution in [3.05, 3.63) is 45.7 Å². The highest BCUT2D eigenvalue weighted by molar-refractivity contribution is 7.16. The van der Waals surface area contributed by atoms with Gasteiger partial charge in [0.15, 0.2) is 5.69 Å². The number of rotatable bonds is 7. The van der Waals surface area contributed by atoms with Crippen LogP contribution in [0.3, 0.4) is 0 Å². The van der Waals surface area contributed by atoms with E-state index in [2.05, 4.69) is 10.4 Å². The lowest BCUT2D eigenvalue weighted by Gasteiger charge is -2.11. The van der Waals surface area contributed by atoms with Crippen LogP contribution in [0, 0.1) is 5.92 Å². The minimum atomic E-state index is -0.629. The third-order valence-corrected chi connectivity index (χ3v) is 6.52. The number of carbonyl (C=O) groups is 2. The van der Waals surface area contributed by atoms with Gasteiger partial charge in [-0.15, -0.1) is 11.3 Å². The summed E-state index contributed by atoms with van der Waals surface area (Å²) in [6.07, 6.45) is 4.84. The highest BCUT2D eigenvalue weighted by atomic mass is 32.1. The molecular formula is C23H25N3O5S. The number of carbonyl (C=O) groups excluding carboxylic acids is 2. The topological polar surface area (TPSA) is 99.5 Å². The van der Waals surface area contributed by atoms with Crippen molar-refractivity contribution in [1.82, 2.24) is 9.78 Å². The molecule has 1 saturated carbocycles. The van der Waals surface area contributed by atoms with Crippen molar-refractivity contribution in [2.24, 2.45) is 5.92 Å². The van der Waals surface area contributed by atoms with E-state index in [0.717, 1.165) is 30.4 Å². The molecule has 0 saturated heterocycles. The maximum atomic E-state index is 13.4. The highest BCUT2D eigenvalue weighted by Crippen LogP contribution is 2.32. The summed E-state index contributed by atoms with van der Waals surface area (Å²) < 4.78 is 11.6. The van der Waals surface area contributed by atoms with Crippen molar-refractivity contribution in [2.45, 2.75) is 39.0 Å². The van der Waals surface area contributed by atoms with Crippen LogP contribution < -0.4 is 15.6 Å². The number of fused-ring (bicyclic) bond motifs is 1. The van der Waals surface area contributed by atoms with Gasteiger partial charge < -0.3 is 14.8 Å². The molecule has 1 aliphatic rings. The van der Waals surface area contributed by atoms with E-state index in [1.807, 2.05) is 0 Å². The lowest BCUT2D eigenvalue weighted by Crippen LogP contribution is -2.25. The number of thiophene rings is 1. The smallest absolute Gasteiger partial charge is 0.359 e. The van der Waals surface area contributed by atoms with E-state index >= 15 is 0 Å². The van der Waals surface area contributed by atoms with Gasteiger partial charge in [-0.1, -0.05) is 18.9 Å². The van der Waals surface area contributed by atoms with E-state index in [1.54, 1.807) is 36.6 Å². The van der Waals surface area contributed by atoms with Crippen LogP contribution in [-0.4, -0.2) is 35.4 Å². The zero-order valence-electron chi connectivity index (χ0n) is 18.1. The standard InChI is InChI=1S/C23H25N3O5S/c1-3-31-23(29)20-17-13-32-21(24-18(27)11-14-7-4-5-8-14)19(17)22(28)26(25-20)15-9-6-10-16(12-15)30-2/h6,9-10,12-14H,3-5,7-8,11H2,1-2H3,(H,24,27). The molecule has 0 unspecified atom stereocenters. The molecule has 4 rings (SSSR count). The quantitative estimate of drug-likeness (QED) is 0.537. The summed E-state index contributed by atoms with van der Waals surface area (Å²) in [6.45, 7) is 1.88. The molecule has 2 heterocycles. The Morgan fingerprint density at radius 2 is 2.06 bits per heavy atom. The number of anilines is 1. The van der Waals surface area contributed by atoms with E-state index in [1.165, 1.54) is 18.4 Å². The first-order chi connectivity index (χ1) is 15.5. The minimum absolute atomic E-state index is 0.0248. The molecule has 3 aromatic rings. The Hall–Kier alpha value is -3.20. The van der Waals surface area contributed by atoms with Crippen molar-refractivity contribution >= 4 is 39.0 Å². The van der Waals surface area contributed by atoms with Gasteiger partial charge in [0.1, 0.15) is 10.8 Å². The number of esters is 1. The van der Waals surface area contributed by atoms with E-state index in [4.69, 9.17) is 9.47 Å². The van der Waals surface area contributed by atoms with Crippen molar-refractivity contribution in [2.75, 3.05) is 19.0 Å². The number of nitrogens with zero attached hydrogens (tertiary/aromatic N) is 2. The predicted octanol–water partition coefficient (Wildman–Crippen LogP) is 4.15. The van der Waals surface area contributed by atoms with Crippen LogP contribution >= 0.6 is 11.3 Å². The molecule has 9 heteroatoms. The first-order valence-corrected chi connectivity index (χ1v) is 11.6. The Kier molecular flexibility index (Phi) is 6.55. The van der Waals surface area contributed by atoms with Gasteiger partial charge in [-0.25, -0.2) is 4.79 Å². The number of benzene rings is 1. The first kappa shape index (κ1) is 22.0. The maximum Gasteiger partial charge on any atom is 0.359 e. The number of ether oxygens (including phenoxy) is 2.